The van der Waals surface area contributed by atoms with E-state index < -0.39 is 0 Å². The number of hydrogen-bond donors (Lipinski definition) is 0. The molecule has 2 heterocycles. The summed E-state index contributed by atoms with van der Waals surface area (Å²) in [6.07, 6.45) is 0.142. The van der Waals surface area contributed by atoms with Crippen LogP contribution in [0.15, 0.2) is 48.5 Å². The smallest absolute Gasteiger partial charge is 0.254 e. The van der Waals surface area contributed by atoms with Gasteiger partial charge in [-0.25, -0.2) is 0 Å². The highest BCUT2D eigenvalue weighted by molar-refractivity contribution is 5.96. The van der Waals surface area contributed by atoms with Crippen molar-refractivity contribution in [2.24, 2.45) is 7.05 Å². The largest absolute Gasteiger partial charge is 0.372 e. The number of aryl methyl sites for hydroxylation is 1. The lowest BCUT2D eigenvalue weighted by molar-refractivity contribution is -0.0586. The normalized spacial score (nSPS) is 20.5. The van der Waals surface area contributed by atoms with Crippen molar-refractivity contribution in [2.45, 2.75) is 26.1 Å². The van der Waals surface area contributed by atoms with Crippen molar-refractivity contribution in [3.8, 4) is 11.3 Å². The Kier molecular flexibility index (Phi) is 4.24. The van der Waals surface area contributed by atoms with E-state index in [0.29, 0.717) is 18.7 Å². The van der Waals surface area contributed by atoms with Crippen LogP contribution < -0.4 is 0 Å². The molecule has 0 unspecified atom stereocenters. The maximum Gasteiger partial charge on any atom is 0.254 e. The van der Waals surface area contributed by atoms with E-state index in [2.05, 4.69) is 17.2 Å². The van der Waals surface area contributed by atoms with Crippen molar-refractivity contribution in [1.29, 1.82) is 0 Å². The number of morpholine rings is 1. The van der Waals surface area contributed by atoms with E-state index in [9.17, 15) is 4.79 Å². The second-order valence-electron chi connectivity index (χ2n) is 7.03. The Labute approximate surface area is 153 Å². The van der Waals surface area contributed by atoms with Gasteiger partial charge in [-0.05, 0) is 32.0 Å². The van der Waals surface area contributed by atoms with Crippen LogP contribution in [-0.4, -0.2) is 45.9 Å². The van der Waals surface area contributed by atoms with Gasteiger partial charge in [0.1, 0.15) is 5.69 Å². The number of rotatable bonds is 2. The van der Waals surface area contributed by atoms with Crippen molar-refractivity contribution in [2.75, 3.05) is 13.1 Å². The van der Waals surface area contributed by atoms with Crippen molar-refractivity contribution < 1.29 is 9.53 Å². The molecule has 0 aliphatic carbocycles. The maximum absolute atomic E-state index is 12.8. The molecule has 1 saturated heterocycles. The number of nitrogens with zero attached hydrogens (tertiary/aromatic N) is 3. The highest BCUT2D eigenvalue weighted by Gasteiger charge is 2.26. The summed E-state index contributed by atoms with van der Waals surface area (Å²) < 4.78 is 7.61. The number of para-hydroxylation sites is 1. The summed E-state index contributed by atoms with van der Waals surface area (Å²) >= 11 is 0. The van der Waals surface area contributed by atoms with Crippen molar-refractivity contribution >= 4 is 16.8 Å². The average molecular weight is 349 g/mol. The van der Waals surface area contributed by atoms with Crippen LogP contribution in [0.4, 0.5) is 0 Å². The van der Waals surface area contributed by atoms with Gasteiger partial charge in [-0.2, -0.15) is 5.10 Å². The Morgan fingerprint density at radius 3 is 2.38 bits per heavy atom. The molecule has 3 aromatic rings. The third-order valence-corrected chi connectivity index (χ3v) is 4.87. The Bertz CT molecular complexity index is 936. The molecule has 0 saturated carbocycles. The van der Waals surface area contributed by atoms with Gasteiger partial charge in [-0.3, -0.25) is 9.48 Å². The molecule has 1 aliphatic rings. The van der Waals surface area contributed by atoms with Gasteiger partial charge in [0.15, 0.2) is 0 Å². The minimum absolute atomic E-state index is 0.0597. The van der Waals surface area contributed by atoms with Crippen LogP contribution >= 0.6 is 0 Å². The monoisotopic (exact) mass is 349 g/mol. The molecule has 1 amide bonds. The Balaban J connectivity index is 1.61. The molecule has 1 aliphatic heterocycles. The van der Waals surface area contributed by atoms with E-state index in [1.54, 1.807) is 0 Å². The molecule has 26 heavy (non-hydrogen) atoms. The van der Waals surface area contributed by atoms with Crippen LogP contribution in [-0.2, 0) is 11.8 Å². The number of carbonyl (C=O) groups excluding carboxylic acids is 1. The molecule has 5 heteroatoms. The SMILES string of the molecule is C[C@@H]1CN(C(=O)c2ccc(-c3nn(C)c4ccccc34)cc2)C[C@H](C)O1. The van der Waals surface area contributed by atoms with E-state index in [4.69, 9.17) is 4.74 Å². The van der Waals surface area contributed by atoms with Gasteiger partial charge in [0, 0.05) is 36.7 Å². The maximum atomic E-state index is 12.8. The number of benzene rings is 2. The van der Waals surface area contributed by atoms with Crippen molar-refractivity contribution in [3.05, 3.63) is 54.1 Å². The van der Waals surface area contributed by atoms with Crippen LogP contribution in [0.2, 0.25) is 0 Å². The summed E-state index contributed by atoms with van der Waals surface area (Å²) in [5.74, 6) is 0.0597. The first-order chi connectivity index (χ1) is 12.5. The van der Waals surface area contributed by atoms with Crippen LogP contribution in [0.1, 0.15) is 24.2 Å². The van der Waals surface area contributed by atoms with Gasteiger partial charge in [0.25, 0.3) is 5.91 Å². The summed E-state index contributed by atoms with van der Waals surface area (Å²) in [6, 6.07) is 15.9. The van der Waals surface area contributed by atoms with E-state index in [1.807, 2.05) is 66.9 Å². The molecule has 134 valence electrons. The molecular weight excluding hydrogens is 326 g/mol. The molecule has 4 rings (SSSR count). The van der Waals surface area contributed by atoms with Crippen LogP contribution in [0.5, 0.6) is 0 Å². The van der Waals surface area contributed by atoms with Gasteiger partial charge in [0.05, 0.1) is 17.7 Å². The Morgan fingerprint density at radius 1 is 1.04 bits per heavy atom. The van der Waals surface area contributed by atoms with Crippen LogP contribution in [0.25, 0.3) is 22.2 Å². The number of fused-ring (bicyclic) bond motifs is 1. The van der Waals surface area contributed by atoms with Gasteiger partial charge < -0.3 is 9.64 Å². The molecule has 0 N–H and O–H groups in total. The molecule has 2 aromatic carbocycles. The first kappa shape index (κ1) is 16.8. The number of hydrogen-bond acceptors (Lipinski definition) is 3. The fourth-order valence-corrected chi connectivity index (χ4v) is 3.72. The predicted octanol–water partition coefficient (Wildman–Crippen LogP) is 3.49. The zero-order chi connectivity index (χ0) is 18.3. The number of ether oxygens (including phenoxy) is 1. The van der Waals surface area contributed by atoms with Crippen molar-refractivity contribution in [3.63, 3.8) is 0 Å². The number of amides is 1. The quantitative estimate of drug-likeness (QED) is 0.711. The number of aromatic nitrogens is 2. The van der Waals surface area contributed by atoms with Gasteiger partial charge in [-0.15, -0.1) is 0 Å². The van der Waals surface area contributed by atoms with E-state index >= 15 is 0 Å². The lowest BCUT2D eigenvalue weighted by Gasteiger charge is -2.35. The van der Waals surface area contributed by atoms with E-state index in [1.165, 1.54) is 0 Å². The minimum atomic E-state index is 0.0597. The molecule has 0 bridgehead atoms. The summed E-state index contributed by atoms with van der Waals surface area (Å²) in [6.45, 7) is 5.28. The molecule has 1 aromatic heterocycles. The number of carbonyl (C=O) groups is 1. The first-order valence-electron chi connectivity index (χ1n) is 9.00. The highest BCUT2D eigenvalue weighted by atomic mass is 16.5. The van der Waals surface area contributed by atoms with E-state index in [-0.39, 0.29) is 18.1 Å². The van der Waals surface area contributed by atoms with E-state index in [0.717, 1.165) is 22.2 Å². The Hall–Kier alpha value is -2.66. The standard InChI is InChI=1S/C21H23N3O2/c1-14-12-24(13-15(2)26-14)21(25)17-10-8-16(9-11-17)20-18-6-4-5-7-19(18)23(3)22-20/h4-11,14-15H,12-13H2,1-3H3/t14-,15+. The lowest BCUT2D eigenvalue weighted by Crippen LogP contribution is -2.48. The summed E-state index contributed by atoms with van der Waals surface area (Å²) in [7, 11) is 1.95. The summed E-state index contributed by atoms with van der Waals surface area (Å²) in [5.41, 5.74) is 3.76. The third kappa shape index (κ3) is 2.99. The molecule has 0 spiro atoms. The summed E-state index contributed by atoms with van der Waals surface area (Å²) in [5, 5.41) is 5.76. The molecule has 5 nitrogen and oxygen atoms in total. The second kappa shape index (κ2) is 6.57. The molecular formula is C21H23N3O2. The predicted molar refractivity (Wildman–Crippen MR) is 102 cm³/mol. The minimum Gasteiger partial charge on any atom is -0.372 e. The van der Waals surface area contributed by atoms with Crippen molar-refractivity contribution in [1.82, 2.24) is 14.7 Å². The molecule has 0 radical (unpaired) electrons. The van der Waals surface area contributed by atoms with Gasteiger partial charge >= 0.3 is 0 Å². The zero-order valence-electron chi connectivity index (χ0n) is 15.3. The Morgan fingerprint density at radius 2 is 1.69 bits per heavy atom. The topological polar surface area (TPSA) is 47.4 Å². The van der Waals surface area contributed by atoms with Crippen LogP contribution in [0, 0.1) is 0 Å². The first-order valence-corrected chi connectivity index (χ1v) is 9.00. The molecule has 1 fully saturated rings. The zero-order valence-corrected chi connectivity index (χ0v) is 15.3. The second-order valence-corrected chi connectivity index (χ2v) is 7.03. The fourth-order valence-electron chi connectivity index (χ4n) is 3.72. The third-order valence-electron chi connectivity index (χ3n) is 4.87. The highest BCUT2D eigenvalue weighted by Crippen LogP contribution is 2.28. The average Bonchev–Trinajstić information content (AvgIpc) is 2.98. The molecule has 2 atom stereocenters. The summed E-state index contributed by atoms with van der Waals surface area (Å²) in [4.78, 5) is 14.7. The lowest BCUT2D eigenvalue weighted by atomic mass is 10.0. The fraction of sp³-hybridized carbons (Fsp3) is 0.333. The van der Waals surface area contributed by atoms with Gasteiger partial charge in [0.2, 0.25) is 0 Å². The van der Waals surface area contributed by atoms with Gasteiger partial charge in [-0.1, -0.05) is 30.3 Å². The van der Waals surface area contributed by atoms with Crippen LogP contribution in [0.3, 0.4) is 0 Å².